The van der Waals surface area contributed by atoms with Gasteiger partial charge in [0.2, 0.25) is 11.8 Å². The van der Waals surface area contributed by atoms with Crippen LogP contribution in [0.15, 0.2) is 54.1 Å². The van der Waals surface area contributed by atoms with Crippen LogP contribution in [0, 0.1) is 0 Å². The fraction of sp³-hybridized carbons (Fsp3) is 0.360. The molecule has 1 aliphatic carbocycles. The predicted molar refractivity (Wildman–Crippen MR) is 129 cm³/mol. The molecular formula is C25H26Cl2N2O5. The van der Waals surface area contributed by atoms with Crippen molar-refractivity contribution in [2.45, 2.75) is 44.1 Å². The lowest BCUT2D eigenvalue weighted by molar-refractivity contribution is -0.137. The van der Waals surface area contributed by atoms with Crippen molar-refractivity contribution in [1.29, 1.82) is 0 Å². The van der Waals surface area contributed by atoms with E-state index in [2.05, 4.69) is 5.32 Å². The number of ether oxygens (including phenoxy) is 1. The molecule has 2 aromatic rings. The summed E-state index contributed by atoms with van der Waals surface area (Å²) < 4.78 is 6.09. The molecule has 0 bridgehead atoms. The molecule has 9 heteroatoms. The monoisotopic (exact) mass is 504 g/mol. The molecule has 0 radical (unpaired) electrons. The largest absolute Gasteiger partial charge is 0.486 e. The van der Waals surface area contributed by atoms with Gasteiger partial charge in [0.25, 0.3) is 0 Å². The molecule has 4 atom stereocenters. The number of nitrogens with zero attached hydrogens (tertiary/aromatic N) is 1. The van der Waals surface area contributed by atoms with Crippen molar-refractivity contribution in [1.82, 2.24) is 10.2 Å². The van der Waals surface area contributed by atoms with Gasteiger partial charge in [0.1, 0.15) is 18.0 Å². The van der Waals surface area contributed by atoms with Gasteiger partial charge in [-0.15, -0.1) is 0 Å². The van der Waals surface area contributed by atoms with Gasteiger partial charge in [0, 0.05) is 40.7 Å². The lowest BCUT2D eigenvalue weighted by Gasteiger charge is -2.40. The summed E-state index contributed by atoms with van der Waals surface area (Å²) in [7, 11) is 0. The average Bonchev–Trinajstić information content (AvgIpc) is 3.22. The first kappa shape index (κ1) is 24.5. The normalized spacial score (nSPS) is 22.8. The minimum absolute atomic E-state index is 0.0846. The van der Waals surface area contributed by atoms with E-state index >= 15 is 0 Å². The maximum Gasteiger partial charge on any atom is 0.247 e. The summed E-state index contributed by atoms with van der Waals surface area (Å²) >= 11 is 12.4. The van der Waals surface area contributed by atoms with Crippen LogP contribution < -0.4 is 10.1 Å². The Bertz CT molecular complexity index is 1120. The van der Waals surface area contributed by atoms with Gasteiger partial charge in [-0.05, 0) is 29.8 Å². The smallest absolute Gasteiger partial charge is 0.247 e. The number of nitrogens with one attached hydrogen (secondary N) is 1. The maximum absolute atomic E-state index is 13.1. The number of hydrogen-bond acceptors (Lipinski definition) is 5. The van der Waals surface area contributed by atoms with Gasteiger partial charge >= 0.3 is 0 Å². The van der Waals surface area contributed by atoms with E-state index in [1.807, 2.05) is 18.2 Å². The molecule has 7 nitrogen and oxygen atoms in total. The van der Waals surface area contributed by atoms with Crippen molar-refractivity contribution < 1.29 is 24.5 Å². The summed E-state index contributed by atoms with van der Waals surface area (Å²) in [5.41, 5.74) is 1.84. The van der Waals surface area contributed by atoms with Gasteiger partial charge < -0.3 is 25.2 Å². The van der Waals surface area contributed by atoms with Crippen molar-refractivity contribution in [3.63, 3.8) is 0 Å². The van der Waals surface area contributed by atoms with Crippen LogP contribution in [0.3, 0.4) is 0 Å². The molecule has 2 aromatic carbocycles. The van der Waals surface area contributed by atoms with Gasteiger partial charge in [-0.3, -0.25) is 9.59 Å². The Labute approximate surface area is 207 Å². The zero-order valence-electron chi connectivity index (χ0n) is 18.6. The number of halogens is 2. The van der Waals surface area contributed by atoms with E-state index in [1.165, 1.54) is 4.90 Å². The molecule has 0 spiro atoms. The summed E-state index contributed by atoms with van der Waals surface area (Å²) in [6, 6.07) is 11.5. The number of amides is 2. The Morgan fingerprint density at radius 2 is 1.94 bits per heavy atom. The molecule has 34 heavy (non-hydrogen) atoms. The highest BCUT2D eigenvalue weighted by Gasteiger charge is 2.50. The third-order valence-electron chi connectivity index (χ3n) is 6.22. The highest BCUT2D eigenvalue weighted by molar-refractivity contribution is 6.35. The number of aliphatic hydroxyl groups is 2. The maximum atomic E-state index is 13.1. The second-order valence-electron chi connectivity index (χ2n) is 8.29. The fourth-order valence-corrected chi connectivity index (χ4v) is 5.06. The topological polar surface area (TPSA) is 99.1 Å². The Morgan fingerprint density at radius 3 is 2.65 bits per heavy atom. The molecular weight excluding hydrogens is 479 g/mol. The standard InChI is InChI=1S/C25H26Cl2N2O5/c1-2-21(31)29(13-14-7-8-15(26)11-18(14)27)19-12-17(25(33)28-9-10-30)22-16-5-3-4-6-20(16)34-24(22)23(19)32/h3-8,11-12,19,22-24,30,32H,2,9-10,13H2,1H3,(H,28,33)/t19-,22+,23+,24+/m1/s1. The number of carbonyl (C=O) groups is 2. The van der Waals surface area contributed by atoms with E-state index in [4.69, 9.17) is 27.9 Å². The Morgan fingerprint density at radius 1 is 1.18 bits per heavy atom. The Kier molecular flexibility index (Phi) is 7.48. The van der Waals surface area contributed by atoms with Crippen molar-refractivity contribution in [3.05, 3.63) is 75.3 Å². The highest BCUT2D eigenvalue weighted by atomic mass is 35.5. The van der Waals surface area contributed by atoms with Crippen LogP contribution in [-0.2, 0) is 16.1 Å². The van der Waals surface area contributed by atoms with E-state index < -0.39 is 24.2 Å². The second-order valence-corrected chi connectivity index (χ2v) is 9.14. The molecule has 3 N–H and O–H groups in total. The molecule has 0 fully saturated rings. The number of benzene rings is 2. The SMILES string of the molecule is CCC(=O)N(Cc1ccc(Cl)cc1Cl)[C@@H]1C=C(C(=O)NCCO)[C@@H]2c3ccccc3O[C@@H]2[C@H]1O. The van der Waals surface area contributed by atoms with Gasteiger partial charge in [-0.2, -0.15) is 0 Å². The van der Waals surface area contributed by atoms with Crippen LogP contribution in [0.1, 0.15) is 30.4 Å². The Hall–Kier alpha value is -2.58. The van der Waals surface area contributed by atoms with E-state index in [1.54, 1.807) is 37.3 Å². The summed E-state index contributed by atoms with van der Waals surface area (Å²) in [5, 5.41) is 24.2. The van der Waals surface area contributed by atoms with Crippen molar-refractivity contribution in [2.75, 3.05) is 13.2 Å². The fourth-order valence-electron chi connectivity index (χ4n) is 4.59. The number of fused-ring (bicyclic) bond motifs is 3. The number of aliphatic hydroxyl groups excluding tert-OH is 2. The zero-order chi connectivity index (χ0) is 24.4. The molecule has 2 aliphatic rings. The van der Waals surface area contributed by atoms with E-state index in [0.29, 0.717) is 26.9 Å². The lowest BCUT2D eigenvalue weighted by atomic mass is 9.77. The van der Waals surface area contributed by atoms with E-state index in [0.717, 1.165) is 5.56 Å². The molecule has 180 valence electrons. The third kappa shape index (κ3) is 4.66. The lowest BCUT2D eigenvalue weighted by Crippen LogP contribution is -2.55. The van der Waals surface area contributed by atoms with Crippen LogP contribution in [-0.4, -0.2) is 58.3 Å². The zero-order valence-corrected chi connectivity index (χ0v) is 20.1. The van der Waals surface area contributed by atoms with Crippen LogP contribution in [0.25, 0.3) is 0 Å². The minimum atomic E-state index is -1.09. The molecule has 0 saturated carbocycles. The first-order valence-corrected chi connectivity index (χ1v) is 11.9. The third-order valence-corrected chi connectivity index (χ3v) is 6.80. The molecule has 2 amide bonds. The average molecular weight is 505 g/mol. The molecule has 1 aliphatic heterocycles. The molecule has 0 aromatic heterocycles. The number of carbonyl (C=O) groups excluding carboxylic acids is 2. The Balaban J connectivity index is 1.76. The van der Waals surface area contributed by atoms with Gasteiger partial charge in [0.15, 0.2) is 0 Å². The summed E-state index contributed by atoms with van der Waals surface area (Å²) in [5.74, 6) is -0.504. The molecule has 0 unspecified atom stereocenters. The summed E-state index contributed by atoms with van der Waals surface area (Å²) in [6.07, 6.45) is -0.00582. The predicted octanol–water partition coefficient (Wildman–Crippen LogP) is 3.05. The van der Waals surface area contributed by atoms with Crippen LogP contribution in [0.5, 0.6) is 5.75 Å². The molecule has 4 rings (SSSR count). The minimum Gasteiger partial charge on any atom is -0.486 e. The van der Waals surface area contributed by atoms with E-state index in [9.17, 15) is 19.8 Å². The number of para-hydroxylation sites is 1. The molecule has 1 heterocycles. The first-order valence-electron chi connectivity index (χ1n) is 11.1. The highest BCUT2D eigenvalue weighted by Crippen LogP contribution is 2.47. The van der Waals surface area contributed by atoms with Crippen molar-refractivity contribution in [3.8, 4) is 5.75 Å². The second kappa shape index (κ2) is 10.4. The quantitative estimate of drug-likeness (QED) is 0.538. The number of rotatable bonds is 7. The van der Waals surface area contributed by atoms with Crippen LogP contribution >= 0.6 is 23.2 Å². The van der Waals surface area contributed by atoms with Gasteiger partial charge in [0.05, 0.1) is 18.6 Å². The molecule has 0 saturated heterocycles. The summed E-state index contributed by atoms with van der Waals surface area (Å²) in [6.45, 7) is 1.73. The van der Waals surface area contributed by atoms with Crippen LogP contribution in [0.4, 0.5) is 0 Å². The number of hydrogen-bond donors (Lipinski definition) is 3. The van der Waals surface area contributed by atoms with Gasteiger partial charge in [-0.1, -0.05) is 54.4 Å². The summed E-state index contributed by atoms with van der Waals surface area (Å²) in [4.78, 5) is 27.7. The van der Waals surface area contributed by atoms with E-state index in [-0.39, 0.29) is 37.9 Å². The van der Waals surface area contributed by atoms with Crippen LogP contribution in [0.2, 0.25) is 10.0 Å². The van der Waals surface area contributed by atoms with Crippen molar-refractivity contribution >= 4 is 35.0 Å². The first-order chi connectivity index (χ1) is 16.3. The van der Waals surface area contributed by atoms with Gasteiger partial charge in [-0.25, -0.2) is 0 Å². The van der Waals surface area contributed by atoms with Crippen molar-refractivity contribution in [2.24, 2.45) is 0 Å².